The Bertz CT molecular complexity index is 382. The lowest BCUT2D eigenvalue weighted by Gasteiger charge is -2.30. The predicted octanol–water partition coefficient (Wildman–Crippen LogP) is 2.95. The fraction of sp³-hybridized carbons (Fsp3) is 0.467. The molecular weight excluding hydrogens is 270 g/mol. The molecule has 1 aromatic rings. The lowest BCUT2D eigenvalue weighted by atomic mass is 10.2. The van der Waals surface area contributed by atoms with Gasteiger partial charge in [-0.3, -0.25) is 5.32 Å². The van der Waals surface area contributed by atoms with Crippen molar-refractivity contribution in [2.75, 3.05) is 14.2 Å². The molecule has 1 N–H and O–H groups in total. The van der Waals surface area contributed by atoms with Gasteiger partial charge in [-0.2, -0.15) is 0 Å². The van der Waals surface area contributed by atoms with Crippen molar-refractivity contribution in [3.63, 3.8) is 0 Å². The van der Waals surface area contributed by atoms with E-state index >= 15 is 0 Å². The number of rotatable bonds is 10. The minimum atomic E-state index is -2.60. The Labute approximate surface area is 123 Å². The molecule has 4 nitrogen and oxygen atoms in total. The summed E-state index contributed by atoms with van der Waals surface area (Å²) in [5, 5.41) is 3.30. The lowest BCUT2D eigenvalue weighted by molar-refractivity contribution is 0.0595. The quantitative estimate of drug-likeness (QED) is 0.409. The number of hydrogen-bond acceptors (Lipinski definition) is 4. The molecule has 0 saturated heterocycles. The van der Waals surface area contributed by atoms with Gasteiger partial charge in [-0.25, -0.2) is 0 Å². The van der Waals surface area contributed by atoms with Gasteiger partial charge in [-0.1, -0.05) is 50.3 Å². The SMILES string of the molecule is C=CC(NCc1ccccc1)O[Si](CCC)(OC)OC. The molecule has 1 aromatic carbocycles. The maximum absolute atomic E-state index is 6.01. The van der Waals surface area contributed by atoms with Gasteiger partial charge in [0.25, 0.3) is 0 Å². The third kappa shape index (κ3) is 5.18. The van der Waals surface area contributed by atoms with Crippen LogP contribution in [0.4, 0.5) is 0 Å². The molecule has 0 saturated carbocycles. The third-order valence-electron chi connectivity index (χ3n) is 3.05. The van der Waals surface area contributed by atoms with Gasteiger partial charge < -0.3 is 13.3 Å². The van der Waals surface area contributed by atoms with Crippen molar-refractivity contribution < 1.29 is 13.3 Å². The second-order valence-electron chi connectivity index (χ2n) is 4.48. The molecule has 1 unspecified atom stereocenters. The number of hydrogen-bond donors (Lipinski definition) is 1. The van der Waals surface area contributed by atoms with E-state index in [1.165, 1.54) is 5.56 Å². The second-order valence-corrected chi connectivity index (χ2v) is 7.40. The average molecular weight is 295 g/mol. The van der Waals surface area contributed by atoms with Crippen molar-refractivity contribution >= 4 is 8.80 Å². The number of benzene rings is 1. The third-order valence-corrected chi connectivity index (χ3v) is 6.02. The van der Waals surface area contributed by atoms with Crippen LogP contribution in [-0.4, -0.2) is 29.3 Å². The van der Waals surface area contributed by atoms with Gasteiger partial charge in [0.2, 0.25) is 0 Å². The zero-order valence-corrected chi connectivity index (χ0v) is 13.6. The fourth-order valence-corrected chi connectivity index (χ4v) is 3.99. The van der Waals surface area contributed by atoms with Crippen LogP contribution in [0.15, 0.2) is 43.0 Å². The van der Waals surface area contributed by atoms with Crippen LogP contribution in [0.2, 0.25) is 6.04 Å². The van der Waals surface area contributed by atoms with Crippen LogP contribution < -0.4 is 5.32 Å². The van der Waals surface area contributed by atoms with E-state index < -0.39 is 8.80 Å². The van der Waals surface area contributed by atoms with Gasteiger partial charge in [0.15, 0.2) is 0 Å². The highest BCUT2D eigenvalue weighted by molar-refractivity contribution is 6.60. The molecule has 0 spiro atoms. The summed E-state index contributed by atoms with van der Waals surface area (Å²) in [6.07, 6.45) is 2.41. The van der Waals surface area contributed by atoms with Crippen LogP contribution in [0.1, 0.15) is 18.9 Å². The molecule has 1 atom stereocenters. The van der Waals surface area contributed by atoms with Crippen LogP contribution in [0, 0.1) is 0 Å². The summed E-state index contributed by atoms with van der Waals surface area (Å²) in [6.45, 7) is 6.61. The Morgan fingerprint density at radius 2 is 1.90 bits per heavy atom. The van der Waals surface area contributed by atoms with Gasteiger partial charge in [0.05, 0.1) is 0 Å². The normalized spacial score (nSPS) is 13.2. The van der Waals surface area contributed by atoms with Crippen molar-refractivity contribution in [3.05, 3.63) is 48.6 Å². The molecule has 0 aliphatic carbocycles. The van der Waals surface area contributed by atoms with Crippen molar-refractivity contribution in [2.24, 2.45) is 0 Å². The van der Waals surface area contributed by atoms with Crippen LogP contribution in [-0.2, 0) is 19.8 Å². The minimum Gasteiger partial charge on any atom is -0.377 e. The highest BCUT2D eigenvalue weighted by Crippen LogP contribution is 2.18. The minimum absolute atomic E-state index is 0.284. The summed E-state index contributed by atoms with van der Waals surface area (Å²) in [5.41, 5.74) is 1.19. The summed E-state index contributed by atoms with van der Waals surface area (Å²) in [7, 11) is 0.684. The highest BCUT2D eigenvalue weighted by Gasteiger charge is 2.39. The van der Waals surface area contributed by atoms with Gasteiger partial charge in [0, 0.05) is 26.8 Å². The largest absolute Gasteiger partial charge is 0.501 e. The van der Waals surface area contributed by atoms with Crippen LogP contribution in [0.5, 0.6) is 0 Å². The number of nitrogens with one attached hydrogen (secondary N) is 1. The van der Waals surface area contributed by atoms with E-state index in [1.54, 1.807) is 20.3 Å². The first-order valence-electron chi connectivity index (χ1n) is 6.87. The molecular formula is C15H25NO3Si. The molecule has 0 radical (unpaired) electrons. The molecule has 20 heavy (non-hydrogen) atoms. The summed E-state index contributed by atoms with van der Waals surface area (Å²) in [6, 6.07) is 11.0. The first-order valence-corrected chi connectivity index (χ1v) is 8.81. The average Bonchev–Trinajstić information content (AvgIpc) is 2.51. The topological polar surface area (TPSA) is 39.7 Å². The zero-order chi connectivity index (χ0) is 14.8. The van der Waals surface area contributed by atoms with E-state index in [4.69, 9.17) is 13.3 Å². The van der Waals surface area contributed by atoms with Crippen molar-refractivity contribution in [1.29, 1.82) is 0 Å². The second kappa shape index (κ2) is 9.04. The Kier molecular flexibility index (Phi) is 7.72. The predicted molar refractivity (Wildman–Crippen MR) is 83.2 cm³/mol. The van der Waals surface area contributed by atoms with Crippen LogP contribution in [0.3, 0.4) is 0 Å². The monoisotopic (exact) mass is 295 g/mol. The van der Waals surface area contributed by atoms with Crippen molar-refractivity contribution in [1.82, 2.24) is 5.32 Å². The molecule has 0 aliphatic rings. The lowest BCUT2D eigenvalue weighted by Crippen LogP contribution is -2.49. The Morgan fingerprint density at radius 1 is 1.25 bits per heavy atom. The molecule has 0 aromatic heterocycles. The van der Waals surface area contributed by atoms with Gasteiger partial charge >= 0.3 is 8.80 Å². The first kappa shape index (κ1) is 17.1. The van der Waals surface area contributed by atoms with E-state index in [0.29, 0.717) is 6.54 Å². The van der Waals surface area contributed by atoms with E-state index in [1.807, 2.05) is 18.2 Å². The fourth-order valence-electron chi connectivity index (χ4n) is 1.93. The summed E-state index contributed by atoms with van der Waals surface area (Å²) < 4.78 is 17.1. The first-order chi connectivity index (χ1) is 9.69. The molecule has 1 rings (SSSR count). The zero-order valence-electron chi connectivity index (χ0n) is 12.6. The summed E-state index contributed by atoms with van der Waals surface area (Å²) >= 11 is 0. The van der Waals surface area contributed by atoms with E-state index in [9.17, 15) is 0 Å². The van der Waals surface area contributed by atoms with Gasteiger partial charge in [0.1, 0.15) is 6.23 Å². The van der Waals surface area contributed by atoms with Gasteiger partial charge in [-0.05, 0) is 11.6 Å². The highest BCUT2D eigenvalue weighted by atomic mass is 28.4. The Balaban J connectivity index is 2.59. The standard InChI is InChI=1S/C15H25NO3Si/c1-5-12-20(17-3,18-4)19-15(6-2)16-13-14-10-8-7-9-11-14/h6-11,15-16H,2,5,12-13H2,1,3-4H3. The molecule has 0 heterocycles. The molecule has 5 heteroatoms. The van der Waals surface area contributed by atoms with Crippen molar-refractivity contribution in [2.45, 2.75) is 32.2 Å². The molecule has 0 amide bonds. The van der Waals surface area contributed by atoms with Gasteiger partial charge in [-0.15, -0.1) is 0 Å². The van der Waals surface area contributed by atoms with E-state index in [0.717, 1.165) is 12.5 Å². The van der Waals surface area contributed by atoms with E-state index in [-0.39, 0.29) is 6.23 Å². The molecule has 0 fully saturated rings. The molecule has 112 valence electrons. The smallest absolute Gasteiger partial charge is 0.377 e. The van der Waals surface area contributed by atoms with E-state index in [2.05, 4.69) is 31.0 Å². The van der Waals surface area contributed by atoms with Crippen LogP contribution >= 0.6 is 0 Å². The molecule has 0 bridgehead atoms. The summed E-state index contributed by atoms with van der Waals surface area (Å²) in [4.78, 5) is 0. The Hall–Kier alpha value is -0.983. The molecule has 0 aliphatic heterocycles. The summed E-state index contributed by atoms with van der Waals surface area (Å²) in [5.74, 6) is 0. The Morgan fingerprint density at radius 3 is 2.40 bits per heavy atom. The van der Waals surface area contributed by atoms with Crippen LogP contribution in [0.25, 0.3) is 0 Å². The maximum atomic E-state index is 6.01. The maximum Gasteiger partial charge on any atom is 0.501 e. The van der Waals surface area contributed by atoms with Crippen molar-refractivity contribution in [3.8, 4) is 0 Å².